The fraction of sp³-hybridized carbons (Fsp3) is 0.185. The molecule has 0 aliphatic heterocycles. The Morgan fingerprint density at radius 1 is 1.00 bits per heavy atom. The van der Waals surface area contributed by atoms with Crippen molar-refractivity contribution < 1.29 is 14.3 Å². The third-order valence-corrected chi connectivity index (χ3v) is 5.71. The fourth-order valence-electron chi connectivity index (χ4n) is 4.17. The van der Waals surface area contributed by atoms with Gasteiger partial charge in [0, 0.05) is 24.0 Å². The van der Waals surface area contributed by atoms with Crippen molar-refractivity contribution in [2.24, 2.45) is 0 Å². The van der Waals surface area contributed by atoms with Crippen LogP contribution < -0.4 is 5.43 Å². The van der Waals surface area contributed by atoms with Crippen molar-refractivity contribution >= 4 is 22.8 Å². The van der Waals surface area contributed by atoms with Crippen LogP contribution in [0.4, 0.5) is 0 Å². The summed E-state index contributed by atoms with van der Waals surface area (Å²) in [7, 11) is 0. The van der Waals surface area contributed by atoms with E-state index in [2.05, 4.69) is 6.07 Å². The molecule has 0 N–H and O–H groups in total. The number of ketones is 1. The van der Waals surface area contributed by atoms with Crippen molar-refractivity contribution in [3.63, 3.8) is 0 Å². The molecule has 2 aromatic heterocycles. The largest absolute Gasteiger partial charge is 0.462 e. The Hall–Kier alpha value is -4.44. The van der Waals surface area contributed by atoms with Gasteiger partial charge in [-0.3, -0.25) is 9.59 Å². The number of carbonyl (C=O) groups excluding carboxylic acids is 2. The highest BCUT2D eigenvalue weighted by molar-refractivity contribution is 6.17. The Balaban J connectivity index is 2.09. The summed E-state index contributed by atoms with van der Waals surface area (Å²) in [4.78, 5) is 39.8. The minimum absolute atomic E-state index is 0.116. The number of benzene rings is 2. The van der Waals surface area contributed by atoms with Gasteiger partial charge in [0.05, 0.1) is 23.8 Å². The van der Waals surface area contributed by atoms with E-state index in [0.29, 0.717) is 28.9 Å². The Kier molecular flexibility index (Phi) is 6.42. The van der Waals surface area contributed by atoms with Crippen LogP contribution in [0, 0.1) is 18.3 Å². The summed E-state index contributed by atoms with van der Waals surface area (Å²) in [5.41, 5.74) is 2.04. The topological polar surface area (TPSA) is 94.1 Å². The average molecular weight is 453 g/mol. The number of nitriles is 1. The van der Waals surface area contributed by atoms with Crippen molar-refractivity contribution in [3.8, 4) is 6.07 Å². The zero-order chi connectivity index (χ0) is 24.2. The van der Waals surface area contributed by atoms with Crippen LogP contribution in [0.2, 0.25) is 0 Å². The maximum Gasteiger partial charge on any atom is 0.343 e. The van der Waals surface area contributed by atoms with Gasteiger partial charge >= 0.3 is 5.97 Å². The third kappa shape index (κ3) is 4.02. The van der Waals surface area contributed by atoms with Gasteiger partial charge in [-0.05, 0) is 19.4 Å². The second-order valence-electron chi connectivity index (χ2n) is 7.80. The number of fused-ring (bicyclic) bond motifs is 1. The molecular formula is C27H23N3O4. The number of hydrogen-bond donors (Lipinski definition) is 0. The number of rotatable bonds is 7. The van der Waals surface area contributed by atoms with E-state index in [4.69, 9.17) is 4.74 Å². The van der Waals surface area contributed by atoms with Crippen LogP contribution >= 0.6 is 0 Å². The number of ether oxygens (including phenoxy) is 1. The van der Waals surface area contributed by atoms with Crippen LogP contribution in [0.3, 0.4) is 0 Å². The zero-order valence-corrected chi connectivity index (χ0v) is 18.9. The number of esters is 1. The molecule has 0 atom stereocenters. The highest BCUT2D eigenvalue weighted by Crippen LogP contribution is 2.28. The van der Waals surface area contributed by atoms with E-state index in [1.807, 2.05) is 36.4 Å². The molecule has 4 aromatic rings. The molecule has 7 heteroatoms. The summed E-state index contributed by atoms with van der Waals surface area (Å²) in [5, 5.41) is 9.47. The average Bonchev–Trinajstić information content (AvgIpc) is 3.14. The molecule has 0 aliphatic rings. The first-order valence-electron chi connectivity index (χ1n) is 10.9. The standard InChI is InChI=1S/C27H23N3O4/c1-3-34-27(33)21-17-29(16-19-10-6-4-7-11-19)23-22(25(31)20-12-8-5-9-13-20)18(2)30(15-14-28)24(23)26(21)32/h4-13,17H,3,15-16H2,1-2H3. The molecule has 0 bridgehead atoms. The molecule has 0 saturated heterocycles. The van der Waals surface area contributed by atoms with E-state index < -0.39 is 11.4 Å². The minimum Gasteiger partial charge on any atom is -0.462 e. The summed E-state index contributed by atoms with van der Waals surface area (Å²) in [6.07, 6.45) is 1.45. The predicted molar refractivity (Wildman–Crippen MR) is 128 cm³/mol. The molecule has 4 rings (SSSR count). The van der Waals surface area contributed by atoms with Gasteiger partial charge in [0.1, 0.15) is 17.6 Å². The lowest BCUT2D eigenvalue weighted by atomic mass is 10.0. The van der Waals surface area contributed by atoms with Gasteiger partial charge < -0.3 is 13.9 Å². The van der Waals surface area contributed by atoms with Crippen LogP contribution in [0.15, 0.2) is 71.7 Å². The molecule has 7 nitrogen and oxygen atoms in total. The Bertz CT molecular complexity index is 1480. The summed E-state index contributed by atoms with van der Waals surface area (Å²) < 4.78 is 8.37. The van der Waals surface area contributed by atoms with Crippen LogP contribution in [0.5, 0.6) is 0 Å². The summed E-state index contributed by atoms with van der Waals surface area (Å²) in [5.74, 6) is -1.00. The maximum absolute atomic E-state index is 13.6. The summed E-state index contributed by atoms with van der Waals surface area (Å²) >= 11 is 0. The van der Waals surface area contributed by atoms with Gasteiger partial charge in [0.2, 0.25) is 5.43 Å². The molecule has 0 unspecified atom stereocenters. The van der Waals surface area contributed by atoms with E-state index in [1.165, 1.54) is 10.8 Å². The normalized spacial score (nSPS) is 10.7. The Morgan fingerprint density at radius 3 is 2.26 bits per heavy atom. The van der Waals surface area contributed by atoms with Crippen molar-refractivity contribution in [3.05, 3.63) is 105 Å². The molecule has 2 heterocycles. The van der Waals surface area contributed by atoms with E-state index >= 15 is 0 Å². The lowest BCUT2D eigenvalue weighted by Gasteiger charge is -2.13. The lowest BCUT2D eigenvalue weighted by Crippen LogP contribution is -2.23. The number of aromatic nitrogens is 2. The van der Waals surface area contributed by atoms with E-state index in [1.54, 1.807) is 42.7 Å². The Morgan fingerprint density at radius 2 is 1.65 bits per heavy atom. The van der Waals surface area contributed by atoms with Crippen LogP contribution in [0.25, 0.3) is 11.0 Å². The molecule has 170 valence electrons. The SMILES string of the molecule is CCOC(=O)c1cn(Cc2ccccc2)c2c(C(=O)c3ccccc3)c(C)n(CC#N)c2c1=O. The van der Waals surface area contributed by atoms with Gasteiger partial charge in [0.15, 0.2) is 5.78 Å². The first kappa shape index (κ1) is 22.7. The second kappa shape index (κ2) is 9.59. The van der Waals surface area contributed by atoms with Gasteiger partial charge in [0.25, 0.3) is 0 Å². The summed E-state index contributed by atoms with van der Waals surface area (Å²) in [6, 6.07) is 20.4. The van der Waals surface area contributed by atoms with Crippen molar-refractivity contribution in [2.45, 2.75) is 26.9 Å². The number of carbonyl (C=O) groups is 2. The van der Waals surface area contributed by atoms with Crippen LogP contribution in [-0.4, -0.2) is 27.5 Å². The monoisotopic (exact) mass is 453 g/mol. The van der Waals surface area contributed by atoms with Gasteiger partial charge in [-0.15, -0.1) is 0 Å². The van der Waals surface area contributed by atoms with Gasteiger partial charge in [-0.2, -0.15) is 5.26 Å². The lowest BCUT2D eigenvalue weighted by molar-refractivity contribution is 0.0524. The van der Waals surface area contributed by atoms with Crippen LogP contribution in [0.1, 0.15) is 44.5 Å². The molecule has 34 heavy (non-hydrogen) atoms. The highest BCUT2D eigenvalue weighted by Gasteiger charge is 2.28. The molecule has 0 amide bonds. The maximum atomic E-state index is 13.6. The number of nitrogens with zero attached hydrogens (tertiary/aromatic N) is 3. The third-order valence-electron chi connectivity index (χ3n) is 5.71. The van der Waals surface area contributed by atoms with Gasteiger partial charge in [-0.25, -0.2) is 4.79 Å². The summed E-state index contributed by atoms with van der Waals surface area (Å²) in [6.45, 7) is 3.67. The molecule has 0 radical (unpaired) electrons. The Labute approximate surface area is 196 Å². The molecular weight excluding hydrogens is 430 g/mol. The second-order valence-corrected chi connectivity index (χ2v) is 7.80. The first-order valence-corrected chi connectivity index (χ1v) is 10.9. The van der Waals surface area contributed by atoms with Crippen molar-refractivity contribution in [1.82, 2.24) is 9.13 Å². The van der Waals surface area contributed by atoms with Crippen molar-refractivity contribution in [1.29, 1.82) is 5.26 Å². The minimum atomic E-state index is -0.741. The fourth-order valence-corrected chi connectivity index (χ4v) is 4.17. The molecule has 0 fully saturated rings. The highest BCUT2D eigenvalue weighted by atomic mass is 16.5. The number of pyridine rings is 1. The van der Waals surface area contributed by atoms with Crippen molar-refractivity contribution in [2.75, 3.05) is 6.61 Å². The first-order chi connectivity index (χ1) is 16.5. The predicted octanol–water partition coefficient (Wildman–Crippen LogP) is 4.09. The zero-order valence-electron chi connectivity index (χ0n) is 18.9. The van der Waals surface area contributed by atoms with Gasteiger partial charge in [-0.1, -0.05) is 60.7 Å². The van der Waals surface area contributed by atoms with Crippen LogP contribution in [-0.2, 0) is 17.8 Å². The number of hydrogen-bond acceptors (Lipinski definition) is 5. The van der Waals surface area contributed by atoms with E-state index in [0.717, 1.165) is 5.56 Å². The smallest absolute Gasteiger partial charge is 0.343 e. The quantitative estimate of drug-likeness (QED) is 0.310. The molecule has 0 spiro atoms. The van der Waals surface area contributed by atoms with E-state index in [-0.39, 0.29) is 30.0 Å². The van der Waals surface area contributed by atoms with E-state index in [9.17, 15) is 19.6 Å². The molecule has 0 saturated carbocycles. The molecule has 2 aromatic carbocycles. The molecule has 0 aliphatic carbocycles.